The van der Waals surface area contributed by atoms with Crippen molar-refractivity contribution in [2.24, 2.45) is 5.73 Å². The van der Waals surface area contributed by atoms with Crippen molar-refractivity contribution in [1.82, 2.24) is 0 Å². The number of methoxy groups -OCH3 is 1. The zero-order chi connectivity index (χ0) is 12.7. The Bertz CT molecular complexity index is 324. The van der Waals surface area contributed by atoms with Crippen molar-refractivity contribution < 1.29 is 4.74 Å². The lowest BCUT2D eigenvalue weighted by Crippen LogP contribution is -2.25. The van der Waals surface area contributed by atoms with Crippen molar-refractivity contribution in [3.8, 4) is 0 Å². The molecule has 0 amide bonds. The first-order valence-electron chi connectivity index (χ1n) is 5.88. The van der Waals surface area contributed by atoms with E-state index in [1.165, 1.54) is 5.56 Å². The number of ether oxygens (including phenoxy) is 1. The minimum absolute atomic E-state index is 0.317. The van der Waals surface area contributed by atoms with Crippen LogP contribution in [0, 0.1) is 6.92 Å². The maximum absolute atomic E-state index is 5.54. The van der Waals surface area contributed by atoms with Crippen LogP contribution in [0.2, 0.25) is 0 Å². The van der Waals surface area contributed by atoms with E-state index in [0.717, 1.165) is 29.5 Å². The summed E-state index contributed by atoms with van der Waals surface area (Å²) in [6, 6.07) is 6.63. The summed E-state index contributed by atoms with van der Waals surface area (Å²) >= 11 is 3.50. The van der Waals surface area contributed by atoms with E-state index in [1.54, 1.807) is 7.11 Å². The highest BCUT2D eigenvalue weighted by Gasteiger charge is 2.08. The van der Waals surface area contributed by atoms with E-state index < -0.39 is 0 Å². The molecule has 0 heterocycles. The van der Waals surface area contributed by atoms with Crippen molar-refractivity contribution in [2.45, 2.75) is 25.8 Å². The lowest BCUT2D eigenvalue weighted by molar-refractivity contribution is 0.182. The Labute approximate surface area is 112 Å². The van der Waals surface area contributed by atoms with E-state index in [-0.39, 0.29) is 0 Å². The molecule has 0 aliphatic carbocycles. The number of rotatable bonds is 7. The van der Waals surface area contributed by atoms with Crippen LogP contribution >= 0.6 is 15.9 Å². The number of hydrogen-bond acceptors (Lipinski definition) is 3. The molecule has 0 fully saturated rings. The third-order valence-electron chi connectivity index (χ3n) is 2.54. The number of anilines is 1. The molecule has 96 valence electrons. The van der Waals surface area contributed by atoms with Gasteiger partial charge in [-0.15, -0.1) is 0 Å². The van der Waals surface area contributed by atoms with Gasteiger partial charge in [-0.2, -0.15) is 0 Å². The number of halogens is 1. The molecule has 0 aromatic heterocycles. The second kappa shape index (κ2) is 7.69. The maximum atomic E-state index is 5.54. The van der Waals surface area contributed by atoms with Crippen molar-refractivity contribution in [1.29, 1.82) is 0 Å². The number of nitrogens with one attached hydrogen (secondary N) is 1. The molecule has 0 saturated carbocycles. The Kier molecular flexibility index (Phi) is 6.55. The van der Waals surface area contributed by atoms with Crippen LogP contribution in [0.3, 0.4) is 0 Å². The summed E-state index contributed by atoms with van der Waals surface area (Å²) in [7, 11) is 1.73. The summed E-state index contributed by atoms with van der Waals surface area (Å²) in [4.78, 5) is 0. The third-order valence-corrected chi connectivity index (χ3v) is 3.00. The van der Waals surface area contributed by atoms with Gasteiger partial charge >= 0.3 is 0 Å². The first kappa shape index (κ1) is 14.5. The Hall–Kier alpha value is -0.580. The van der Waals surface area contributed by atoms with Gasteiger partial charge in [-0.1, -0.05) is 15.9 Å². The lowest BCUT2D eigenvalue weighted by atomic mass is 10.1. The predicted molar refractivity (Wildman–Crippen MR) is 76.5 cm³/mol. The zero-order valence-electron chi connectivity index (χ0n) is 10.5. The molecule has 3 N–H and O–H groups in total. The van der Waals surface area contributed by atoms with Gasteiger partial charge < -0.3 is 15.8 Å². The smallest absolute Gasteiger partial charge is 0.0664 e. The Morgan fingerprint density at radius 1 is 1.41 bits per heavy atom. The fraction of sp³-hybridized carbons (Fsp3) is 0.538. The number of benzene rings is 1. The molecule has 0 aliphatic heterocycles. The normalized spacial score (nSPS) is 12.5. The van der Waals surface area contributed by atoms with Crippen LogP contribution < -0.4 is 11.1 Å². The van der Waals surface area contributed by atoms with Crippen LogP contribution in [0.4, 0.5) is 5.69 Å². The summed E-state index contributed by atoms with van der Waals surface area (Å²) in [5.41, 5.74) is 7.89. The van der Waals surface area contributed by atoms with E-state index in [0.29, 0.717) is 12.6 Å². The topological polar surface area (TPSA) is 47.3 Å². The van der Waals surface area contributed by atoms with Crippen LogP contribution in [-0.4, -0.2) is 26.3 Å². The van der Waals surface area contributed by atoms with E-state index in [4.69, 9.17) is 10.5 Å². The molecule has 0 bridgehead atoms. The largest absolute Gasteiger partial charge is 0.383 e. The predicted octanol–water partition coefficient (Wildman–Crippen LogP) is 2.92. The maximum Gasteiger partial charge on any atom is 0.0664 e. The number of aryl methyl sites for hydroxylation is 1. The summed E-state index contributed by atoms with van der Waals surface area (Å²) in [6.07, 6.45) is 2.03. The van der Waals surface area contributed by atoms with Gasteiger partial charge in [0, 0.05) is 23.3 Å². The second-order valence-electron chi connectivity index (χ2n) is 4.24. The quantitative estimate of drug-likeness (QED) is 0.814. The van der Waals surface area contributed by atoms with Gasteiger partial charge in [0.2, 0.25) is 0 Å². The minimum Gasteiger partial charge on any atom is -0.383 e. The van der Waals surface area contributed by atoms with E-state index in [1.807, 2.05) is 0 Å². The van der Waals surface area contributed by atoms with E-state index in [2.05, 4.69) is 46.4 Å². The minimum atomic E-state index is 0.317. The van der Waals surface area contributed by atoms with Crippen molar-refractivity contribution in [3.05, 3.63) is 28.2 Å². The molecule has 1 unspecified atom stereocenters. The molecule has 17 heavy (non-hydrogen) atoms. The molecule has 1 rings (SSSR count). The van der Waals surface area contributed by atoms with E-state index in [9.17, 15) is 0 Å². The molecule has 0 spiro atoms. The number of nitrogens with two attached hydrogens (primary N) is 1. The highest BCUT2D eigenvalue weighted by Crippen LogP contribution is 2.20. The van der Waals surface area contributed by atoms with Crippen LogP contribution in [-0.2, 0) is 4.74 Å². The standard InChI is InChI=1S/C13H21BrN2O/c1-10-6-11(14)8-13(7-10)16-12(9-17-2)4-3-5-15/h6-8,12,16H,3-5,9,15H2,1-2H3. The van der Waals surface area contributed by atoms with Gasteiger partial charge in [0.15, 0.2) is 0 Å². The van der Waals surface area contributed by atoms with Crippen molar-refractivity contribution >= 4 is 21.6 Å². The van der Waals surface area contributed by atoms with Crippen molar-refractivity contribution in [2.75, 3.05) is 25.6 Å². The van der Waals surface area contributed by atoms with E-state index >= 15 is 0 Å². The average Bonchev–Trinajstić information content (AvgIpc) is 2.24. The van der Waals surface area contributed by atoms with Crippen LogP contribution in [0.1, 0.15) is 18.4 Å². The van der Waals surface area contributed by atoms with Gasteiger partial charge in [0.25, 0.3) is 0 Å². The summed E-state index contributed by atoms with van der Waals surface area (Å²) in [5, 5.41) is 3.49. The van der Waals surface area contributed by atoms with Crippen LogP contribution in [0.5, 0.6) is 0 Å². The van der Waals surface area contributed by atoms with Gasteiger partial charge in [-0.05, 0) is 50.1 Å². The Morgan fingerprint density at radius 2 is 2.18 bits per heavy atom. The third kappa shape index (κ3) is 5.52. The molecular formula is C13H21BrN2O. The molecule has 0 aliphatic rings. The average molecular weight is 301 g/mol. The number of hydrogen-bond donors (Lipinski definition) is 2. The van der Waals surface area contributed by atoms with Crippen LogP contribution in [0.25, 0.3) is 0 Å². The molecular weight excluding hydrogens is 280 g/mol. The molecule has 1 aromatic rings. The van der Waals surface area contributed by atoms with Gasteiger partial charge in [0.05, 0.1) is 6.61 Å². The van der Waals surface area contributed by atoms with Crippen LogP contribution in [0.15, 0.2) is 22.7 Å². The summed E-state index contributed by atoms with van der Waals surface area (Å²) in [6.45, 7) is 3.51. The van der Waals surface area contributed by atoms with Gasteiger partial charge in [-0.25, -0.2) is 0 Å². The molecule has 3 nitrogen and oxygen atoms in total. The second-order valence-corrected chi connectivity index (χ2v) is 5.16. The first-order valence-corrected chi connectivity index (χ1v) is 6.67. The Morgan fingerprint density at radius 3 is 2.76 bits per heavy atom. The Balaban J connectivity index is 2.63. The highest BCUT2D eigenvalue weighted by molar-refractivity contribution is 9.10. The summed E-state index contributed by atoms with van der Waals surface area (Å²) in [5.74, 6) is 0. The summed E-state index contributed by atoms with van der Waals surface area (Å²) < 4.78 is 6.31. The molecule has 1 aromatic carbocycles. The lowest BCUT2D eigenvalue weighted by Gasteiger charge is -2.19. The fourth-order valence-corrected chi connectivity index (χ4v) is 2.43. The molecule has 0 saturated heterocycles. The fourth-order valence-electron chi connectivity index (χ4n) is 1.82. The first-order chi connectivity index (χ1) is 8.15. The SMILES string of the molecule is COCC(CCCN)Nc1cc(C)cc(Br)c1. The molecule has 0 radical (unpaired) electrons. The van der Waals surface area contributed by atoms with Crippen molar-refractivity contribution in [3.63, 3.8) is 0 Å². The zero-order valence-corrected chi connectivity index (χ0v) is 12.1. The van der Waals surface area contributed by atoms with Gasteiger partial charge in [0.1, 0.15) is 0 Å². The highest BCUT2D eigenvalue weighted by atomic mass is 79.9. The monoisotopic (exact) mass is 300 g/mol. The molecule has 4 heteroatoms. The molecule has 1 atom stereocenters. The van der Waals surface area contributed by atoms with Gasteiger partial charge in [-0.3, -0.25) is 0 Å².